The monoisotopic (exact) mass is 345 g/mol. The number of nitrogens with one attached hydrogen (secondary N) is 1. The number of carbonyl (C=O) groups is 2. The Hall–Kier alpha value is -1.18. The second kappa shape index (κ2) is 5.21. The molecule has 0 aliphatic heterocycles. The van der Waals surface area contributed by atoms with Crippen LogP contribution in [0.3, 0.4) is 0 Å². The summed E-state index contributed by atoms with van der Waals surface area (Å²) in [5.41, 5.74) is 1.13. The van der Waals surface area contributed by atoms with E-state index in [1.165, 1.54) is 11.3 Å². The van der Waals surface area contributed by atoms with E-state index in [1.807, 2.05) is 0 Å². The summed E-state index contributed by atoms with van der Waals surface area (Å²) >= 11 is 5.68. The van der Waals surface area contributed by atoms with Crippen LogP contribution in [0.5, 0.6) is 0 Å². The Bertz CT molecular complexity index is 618. The van der Waals surface area contributed by atoms with Crippen LogP contribution in [0.2, 0.25) is 0 Å². The van der Waals surface area contributed by atoms with E-state index in [9.17, 15) is 9.59 Å². The summed E-state index contributed by atoms with van der Waals surface area (Å²) in [6, 6.07) is 3.46. The third-order valence-corrected chi connectivity index (χ3v) is 4.91. The summed E-state index contributed by atoms with van der Waals surface area (Å²) in [5, 5.41) is 13.4. The van der Waals surface area contributed by atoms with Gasteiger partial charge in [0.25, 0.3) is 5.91 Å². The summed E-state index contributed by atoms with van der Waals surface area (Å²) in [6.07, 6.45) is 0. The molecule has 0 aliphatic rings. The number of amides is 1. The van der Waals surface area contributed by atoms with Crippen LogP contribution >= 0.6 is 38.6 Å². The number of thiophene rings is 2. The van der Waals surface area contributed by atoms with Gasteiger partial charge in [0.15, 0.2) is 0 Å². The predicted octanol–water partition coefficient (Wildman–Crippen LogP) is 3.83. The lowest BCUT2D eigenvalue weighted by Gasteiger charge is -2.04. The highest BCUT2D eigenvalue weighted by molar-refractivity contribution is 9.11. The third-order valence-electron chi connectivity index (χ3n) is 2.20. The number of carboxylic acid groups (broad SMARTS) is 1. The molecule has 18 heavy (non-hydrogen) atoms. The van der Waals surface area contributed by atoms with E-state index in [2.05, 4.69) is 21.2 Å². The lowest BCUT2D eigenvalue weighted by molar-refractivity contribution is 0.0703. The van der Waals surface area contributed by atoms with Gasteiger partial charge in [-0.1, -0.05) is 0 Å². The molecule has 2 rings (SSSR count). The Balaban J connectivity index is 2.27. The van der Waals surface area contributed by atoms with Crippen molar-refractivity contribution in [3.05, 3.63) is 36.6 Å². The smallest absolute Gasteiger partial charge is 0.348 e. The van der Waals surface area contributed by atoms with E-state index in [0.717, 1.165) is 20.7 Å². The van der Waals surface area contributed by atoms with Crippen LogP contribution in [0.15, 0.2) is 21.3 Å². The molecule has 1 amide bonds. The molecule has 0 unspecified atom stereocenters. The zero-order valence-electron chi connectivity index (χ0n) is 9.19. The summed E-state index contributed by atoms with van der Waals surface area (Å²) in [7, 11) is 0. The number of anilines is 1. The number of carbonyl (C=O) groups excluding carboxylic acids is 1. The highest BCUT2D eigenvalue weighted by Crippen LogP contribution is 2.29. The maximum absolute atomic E-state index is 11.9. The zero-order valence-corrected chi connectivity index (χ0v) is 12.4. The summed E-state index contributed by atoms with van der Waals surface area (Å²) in [6.45, 7) is 1.77. The van der Waals surface area contributed by atoms with E-state index in [4.69, 9.17) is 5.11 Å². The average molecular weight is 346 g/mol. The minimum Gasteiger partial charge on any atom is -0.477 e. The van der Waals surface area contributed by atoms with Gasteiger partial charge in [-0.15, -0.1) is 22.7 Å². The van der Waals surface area contributed by atoms with Crippen LogP contribution < -0.4 is 5.32 Å². The highest BCUT2D eigenvalue weighted by atomic mass is 79.9. The molecular formula is C11H8BrNO3S2. The number of carboxylic acids is 1. The second-order valence-corrected chi connectivity index (χ2v) is 6.83. The van der Waals surface area contributed by atoms with Crippen LogP contribution in [0, 0.1) is 6.92 Å². The summed E-state index contributed by atoms with van der Waals surface area (Å²) in [5.74, 6) is -1.33. The van der Waals surface area contributed by atoms with Crippen LogP contribution in [0.25, 0.3) is 0 Å². The molecule has 7 heteroatoms. The lowest BCUT2D eigenvalue weighted by Crippen LogP contribution is -2.12. The van der Waals surface area contributed by atoms with Gasteiger partial charge in [0.2, 0.25) is 0 Å². The highest BCUT2D eigenvalue weighted by Gasteiger charge is 2.18. The van der Waals surface area contributed by atoms with E-state index in [-0.39, 0.29) is 10.8 Å². The molecule has 0 fully saturated rings. The van der Waals surface area contributed by atoms with E-state index in [1.54, 1.807) is 24.4 Å². The molecule has 2 aromatic heterocycles. The van der Waals surface area contributed by atoms with Gasteiger partial charge in [-0.05, 0) is 45.9 Å². The molecule has 0 bridgehead atoms. The Kier molecular flexibility index (Phi) is 3.84. The molecule has 2 N–H and O–H groups in total. The fraction of sp³-hybridized carbons (Fsp3) is 0.0909. The molecule has 2 aromatic rings. The van der Waals surface area contributed by atoms with Crippen molar-refractivity contribution >= 4 is 56.2 Å². The number of halogens is 1. The fourth-order valence-corrected chi connectivity index (χ4v) is 3.49. The Labute approximate surface area is 119 Å². The van der Waals surface area contributed by atoms with Crippen molar-refractivity contribution in [2.45, 2.75) is 6.92 Å². The van der Waals surface area contributed by atoms with Gasteiger partial charge in [0.1, 0.15) is 4.88 Å². The van der Waals surface area contributed by atoms with Crippen molar-refractivity contribution in [1.29, 1.82) is 0 Å². The first-order valence-corrected chi connectivity index (χ1v) is 7.36. The first kappa shape index (κ1) is 13.3. The molecule has 0 spiro atoms. The quantitative estimate of drug-likeness (QED) is 0.888. The molecule has 0 saturated carbocycles. The Morgan fingerprint density at radius 1 is 1.39 bits per heavy atom. The lowest BCUT2D eigenvalue weighted by atomic mass is 10.2. The van der Waals surface area contributed by atoms with Gasteiger partial charge in [-0.25, -0.2) is 4.79 Å². The van der Waals surface area contributed by atoms with Crippen LogP contribution in [-0.2, 0) is 0 Å². The predicted molar refractivity (Wildman–Crippen MR) is 76.0 cm³/mol. The van der Waals surface area contributed by atoms with Crippen molar-refractivity contribution in [1.82, 2.24) is 0 Å². The topological polar surface area (TPSA) is 66.4 Å². The van der Waals surface area contributed by atoms with Crippen molar-refractivity contribution in [3.63, 3.8) is 0 Å². The van der Waals surface area contributed by atoms with Gasteiger partial charge in [-0.3, -0.25) is 4.79 Å². The molecule has 0 aromatic carbocycles. The van der Waals surface area contributed by atoms with Gasteiger partial charge in [-0.2, -0.15) is 0 Å². The number of aryl methyl sites for hydroxylation is 1. The number of aromatic carboxylic acids is 1. The first-order valence-electron chi connectivity index (χ1n) is 4.87. The normalized spacial score (nSPS) is 10.3. The molecular weight excluding hydrogens is 338 g/mol. The SMILES string of the molecule is Cc1csc(C(=O)O)c1NC(=O)c1ccc(Br)s1. The Morgan fingerprint density at radius 2 is 2.11 bits per heavy atom. The zero-order chi connectivity index (χ0) is 13.3. The fourth-order valence-electron chi connectivity index (χ4n) is 1.37. The van der Waals surface area contributed by atoms with Crippen LogP contribution in [0.1, 0.15) is 24.9 Å². The van der Waals surface area contributed by atoms with Gasteiger partial charge in [0, 0.05) is 0 Å². The number of rotatable bonds is 3. The molecule has 94 valence electrons. The molecule has 2 heterocycles. The Morgan fingerprint density at radius 3 is 2.67 bits per heavy atom. The van der Waals surface area contributed by atoms with Gasteiger partial charge < -0.3 is 10.4 Å². The van der Waals surface area contributed by atoms with Crippen molar-refractivity contribution in [3.8, 4) is 0 Å². The summed E-state index contributed by atoms with van der Waals surface area (Å²) in [4.78, 5) is 23.6. The maximum Gasteiger partial charge on any atom is 0.348 e. The minimum atomic E-state index is -1.03. The largest absolute Gasteiger partial charge is 0.477 e. The van der Waals surface area contributed by atoms with E-state index < -0.39 is 5.97 Å². The van der Waals surface area contributed by atoms with Crippen LogP contribution in [-0.4, -0.2) is 17.0 Å². The molecule has 0 atom stereocenters. The summed E-state index contributed by atoms with van der Waals surface area (Å²) < 4.78 is 0.855. The van der Waals surface area contributed by atoms with Crippen molar-refractivity contribution < 1.29 is 14.7 Å². The van der Waals surface area contributed by atoms with Gasteiger partial charge in [0.05, 0.1) is 14.4 Å². The number of hydrogen-bond donors (Lipinski definition) is 2. The second-order valence-electron chi connectivity index (χ2n) is 3.49. The molecule has 0 radical (unpaired) electrons. The van der Waals surface area contributed by atoms with Crippen LogP contribution in [0.4, 0.5) is 5.69 Å². The number of hydrogen-bond acceptors (Lipinski definition) is 4. The standard InChI is InChI=1S/C11H8BrNO3S2/c1-5-4-17-9(11(15)16)8(5)13-10(14)6-2-3-7(12)18-6/h2-4H,1H3,(H,13,14)(H,15,16). The van der Waals surface area contributed by atoms with E-state index in [0.29, 0.717) is 10.6 Å². The van der Waals surface area contributed by atoms with Gasteiger partial charge >= 0.3 is 5.97 Å². The molecule has 0 aliphatic carbocycles. The first-order chi connectivity index (χ1) is 8.49. The van der Waals surface area contributed by atoms with Crippen molar-refractivity contribution in [2.24, 2.45) is 0 Å². The molecule has 4 nitrogen and oxygen atoms in total. The van der Waals surface area contributed by atoms with Crippen molar-refractivity contribution in [2.75, 3.05) is 5.32 Å². The maximum atomic E-state index is 11.9. The van der Waals surface area contributed by atoms with E-state index >= 15 is 0 Å². The average Bonchev–Trinajstić information content (AvgIpc) is 2.87. The molecule has 0 saturated heterocycles. The minimum absolute atomic E-state index is 0.150. The third kappa shape index (κ3) is 2.63.